The zero-order valence-corrected chi connectivity index (χ0v) is 8.77. The Morgan fingerprint density at radius 3 is 2.75 bits per heavy atom. The number of phenols is 1. The Hall–Kier alpha value is -1.81. The van der Waals surface area contributed by atoms with Crippen molar-refractivity contribution in [2.45, 2.75) is 5.92 Å². The second-order valence-corrected chi connectivity index (χ2v) is 4.05. The van der Waals surface area contributed by atoms with Gasteiger partial charge in [0.05, 0.1) is 11.9 Å². The van der Waals surface area contributed by atoms with Crippen molar-refractivity contribution in [2.24, 2.45) is 0 Å². The maximum Gasteiger partial charge on any atom is 0.124 e. The number of benzene rings is 1. The van der Waals surface area contributed by atoms with E-state index >= 15 is 0 Å². The van der Waals surface area contributed by atoms with Crippen LogP contribution in [0.5, 0.6) is 5.75 Å². The second kappa shape index (κ2) is 3.64. The molecular weight excluding hydrogens is 202 g/mol. The Balaban J connectivity index is 1.95. The molecule has 0 spiro atoms. The van der Waals surface area contributed by atoms with Gasteiger partial charge in [-0.3, -0.25) is 0 Å². The van der Waals surface area contributed by atoms with E-state index < -0.39 is 0 Å². The Morgan fingerprint density at radius 1 is 1.25 bits per heavy atom. The first-order valence-electron chi connectivity index (χ1n) is 5.38. The minimum atomic E-state index is 0.282. The summed E-state index contributed by atoms with van der Waals surface area (Å²) in [6.07, 6.45) is 1.78. The molecule has 16 heavy (non-hydrogen) atoms. The van der Waals surface area contributed by atoms with Crippen LogP contribution in [0, 0.1) is 0 Å². The number of nitrogens with zero attached hydrogens (tertiary/aromatic N) is 1. The molecule has 1 aliphatic heterocycles. The van der Waals surface area contributed by atoms with Gasteiger partial charge in [-0.2, -0.15) is 0 Å². The van der Waals surface area contributed by atoms with E-state index in [-0.39, 0.29) is 5.75 Å². The third-order valence-corrected chi connectivity index (χ3v) is 2.96. The number of aromatic hydroxyl groups is 1. The number of aromatic amines is 1. The lowest BCUT2D eigenvalue weighted by Gasteiger charge is -2.24. The van der Waals surface area contributed by atoms with E-state index in [1.54, 1.807) is 12.3 Å². The molecule has 2 aromatic rings. The van der Waals surface area contributed by atoms with Gasteiger partial charge in [-0.25, -0.2) is 4.98 Å². The van der Waals surface area contributed by atoms with Crippen LogP contribution in [0.15, 0.2) is 30.5 Å². The van der Waals surface area contributed by atoms with Gasteiger partial charge < -0.3 is 15.4 Å². The molecule has 0 unspecified atom stereocenters. The van der Waals surface area contributed by atoms with Crippen molar-refractivity contribution in [2.75, 3.05) is 13.1 Å². The second-order valence-electron chi connectivity index (χ2n) is 4.05. The molecule has 1 aliphatic rings. The van der Waals surface area contributed by atoms with Gasteiger partial charge in [0.2, 0.25) is 0 Å². The van der Waals surface area contributed by atoms with Gasteiger partial charge in [-0.15, -0.1) is 0 Å². The predicted octanol–water partition coefficient (Wildman–Crippen LogP) is 1.47. The van der Waals surface area contributed by atoms with Crippen molar-refractivity contribution in [3.8, 4) is 17.0 Å². The molecule has 1 saturated heterocycles. The maximum absolute atomic E-state index is 9.72. The smallest absolute Gasteiger partial charge is 0.124 e. The zero-order chi connectivity index (χ0) is 11.0. The van der Waals surface area contributed by atoms with Gasteiger partial charge >= 0.3 is 0 Å². The monoisotopic (exact) mass is 215 g/mol. The molecule has 0 atom stereocenters. The molecule has 3 rings (SSSR count). The number of nitrogens with one attached hydrogen (secondary N) is 2. The van der Waals surface area contributed by atoms with E-state index in [1.807, 2.05) is 18.2 Å². The van der Waals surface area contributed by atoms with Crippen LogP contribution in [0.2, 0.25) is 0 Å². The number of phenolic OH excluding ortho intramolecular Hbond substituents is 1. The maximum atomic E-state index is 9.72. The lowest BCUT2D eigenvalue weighted by Crippen LogP contribution is -2.40. The Morgan fingerprint density at radius 2 is 2.06 bits per heavy atom. The molecular formula is C12H13N3O. The molecule has 3 N–H and O–H groups in total. The summed E-state index contributed by atoms with van der Waals surface area (Å²) in [6, 6.07) is 7.28. The average molecular weight is 215 g/mol. The van der Waals surface area contributed by atoms with E-state index in [0.717, 1.165) is 30.2 Å². The highest BCUT2D eigenvalue weighted by Gasteiger charge is 2.22. The number of aromatic nitrogens is 2. The average Bonchev–Trinajstić information content (AvgIpc) is 2.65. The molecule has 4 heteroatoms. The Bertz CT molecular complexity index is 502. The third kappa shape index (κ3) is 1.47. The van der Waals surface area contributed by atoms with E-state index in [1.165, 1.54) is 0 Å². The zero-order valence-electron chi connectivity index (χ0n) is 8.77. The molecule has 0 bridgehead atoms. The Kier molecular flexibility index (Phi) is 2.15. The van der Waals surface area contributed by atoms with Crippen molar-refractivity contribution in [3.63, 3.8) is 0 Å². The van der Waals surface area contributed by atoms with Gasteiger partial charge in [0.25, 0.3) is 0 Å². The largest absolute Gasteiger partial charge is 0.507 e. The van der Waals surface area contributed by atoms with Crippen LogP contribution in [0.25, 0.3) is 11.3 Å². The normalized spacial score (nSPS) is 16.0. The SMILES string of the molecule is Oc1ccccc1-c1cnc(C2CNC2)[nH]1. The van der Waals surface area contributed by atoms with E-state index in [4.69, 9.17) is 0 Å². The molecule has 1 aromatic heterocycles. The fraction of sp³-hybridized carbons (Fsp3) is 0.250. The fourth-order valence-corrected chi connectivity index (χ4v) is 1.86. The van der Waals surface area contributed by atoms with Crippen LogP contribution in [0.1, 0.15) is 11.7 Å². The molecule has 82 valence electrons. The summed E-state index contributed by atoms with van der Waals surface area (Å²) >= 11 is 0. The van der Waals surface area contributed by atoms with Crippen molar-refractivity contribution >= 4 is 0 Å². The van der Waals surface area contributed by atoms with Crippen molar-refractivity contribution < 1.29 is 5.11 Å². The third-order valence-electron chi connectivity index (χ3n) is 2.96. The highest BCUT2D eigenvalue weighted by atomic mass is 16.3. The number of hydrogen-bond donors (Lipinski definition) is 3. The number of para-hydroxylation sites is 1. The van der Waals surface area contributed by atoms with Gasteiger partial charge in [-0.1, -0.05) is 12.1 Å². The van der Waals surface area contributed by atoms with Crippen molar-refractivity contribution in [3.05, 3.63) is 36.3 Å². The summed E-state index contributed by atoms with van der Waals surface area (Å²) in [5.41, 5.74) is 1.67. The number of rotatable bonds is 2. The summed E-state index contributed by atoms with van der Waals surface area (Å²) in [7, 11) is 0. The fourth-order valence-electron chi connectivity index (χ4n) is 1.86. The molecule has 1 aromatic carbocycles. The molecule has 0 saturated carbocycles. The summed E-state index contributed by atoms with van der Waals surface area (Å²) in [6.45, 7) is 1.96. The van der Waals surface area contributed by atoms with E-state index in [9.17, 15) is 5.11 Å². The van der Waals surface area contributed by atoms with Gasteiger partial charge in [0.15, 0.2) is 0 Å². The van der Waals surface area contributed by atoms with Gasteiger partial charge in [-0.05, 0) is 12.1 Å². The molecule has 2 heterocycles. The highest BCUT2D eigenvalue weighted by Crippen LogP contribution is 2.28. The van der Waals surface area contributed by atoms with Crippen LogP contribution in [0.4, 0.5) is 0 Å². The van der Waals surface area contributed by atoms with Crippen LogP contribution in [-0.4, -0.2) is 28.2 Å². The quantitative estimate of drug-likeness (QED) is 0.711. The topological polar surface area (TPSA) is 60.9 Å². The van der Waals surface area contributed by atoms with E-state index in [0.29, 0.717) is 5.92 Å². The van der Waals surface area contributed by atoms with Gasteiger partial charge in [0, 0.05) is 24.6 Å². The summed E-state index contributed by atoms with van der Waals surface area (Å²) in [5, 5.41) is 12.9. The minimum Gasteiger partial charge on any atom is -0.507 e. The Labute approximate surface area is 93.4 Å². The van der Waals surface area contributed by atoms with Crippen LogP contribution >= 0.6 is 0 Å². The first kappa shape index (κ1) is 9.42. The predicted molar refractivity (Wildman–Crippen MR) is 61.3 cm³/mol. The molecule has 0 aliphatic carbocycles. The first-order valence-corrected chi connectivity index (χ1v) is 5.38. The lowest BCUT2D eigenvalue weighted by atomic mass is 10.0. The summed E-state index contributed by atoms with van der Waals surface area (Å²) in [4.78, 5) is 7.61. The first-order chi connectivity index (χ1) is 7.84. The van der Waals surface area contributed by atoms with Crippen LogP contribution in [-0.2, 0) is 0 Å². The van der Waals surface area contributed by atoms with Gasteiger partial charge in [0.1, 0.15) is 11.6 Å². The van der Waals surface area contributed by atoms with Crippen molar-refractivity contribution in [1.82, 2.24) is 15.3 Å². The number of hydrogen-bond acceptors (Lipinski definition) is 3. The highest BCUT2D eigenvalue weighted by molar-refractivity contribution is 5.66. The van der Waals surface area contributed by atoms with Crippen molar-refractivity contribution in [1.29, 1.82) is 0 Å². The lowest BCUT2D eigenvalue weighted by molar-refractivity contribution is 0.433. The standard InChI is InChI=1S/C12H13N3O/c16-11-4-2-1-3-9(11)10-7-14-12(15-10)8-5-13-6-8/h1-4,7-8,13,16H,5-6H2,(H,14,15). The van der Waals surface area contributed by atoms with E-state index in [2.05, 4.69) is 15.3 Å². The minimum absolute atomic E-state index is 0.282. The summed E-state index contributed by atoms with van der Waals surface area (Å²) in [5.74, 6) is 1.76. The molecule has 4 nitrogen and oxygen atoms in total. The van der Waals surface area contributed by atoms with Crippen LogP contribution in [0.3, 0.4) is 0 Å². The van der Waals surface area contributed by atoms with Crippen LogP contribution < -0.4 is 5.32 Å². The molecule has 0 amide bonds. The summed E-state index contributed by atoms with van der Waals surface area (Å²) < 4.78 is 0. The molecule has 0 radical (unpaired) electrons. The molecule has 1 fully saturated rings. The number of imidazole rings is 1. The number of H-pyrrole nitrogens is 1.